The van der Waals surface area contributed by atoms with Crippen LogP contribution in [0, 0.1) is 28.6 Å². The third-order valence-electron chi connectivity index (χ3n) is 10.2. The van der Waals surface area contributed by atoms with Crippen molar-refractivity contribution < 1.29 is 14.5 Å². The minimum Gasteiger partial charge on any atom is -0.423 e. The normalized spacial score (nSPS) is 41.4. The highest BCUT2D eigenvalue weighted by molar-refractivity contribution is 6.74. The Labute approximate surface area is 185 Å². The zero-order valence-corrected chi connectivity index (χ0v) is 21.3. The van der Waals surface area contributed by atoms with Crippen molar-refractivity contribution in [2.45, 2.75) is 104 Å². The van der Waals surface area contributed by atoms with Gasteiger partial charge in [-0.25, -0.2) is 0 Å². The lowest BCUT2D eigenvalue weighted by atomic mass is 9.45. The number of hydrogen-bond acceptors (Lipinski definition) is 3. The van der Waals surface area contributed by atoms with Crippen LogP contribution in [0.15, 0.2) is 23.2 Å². The molecule has 0 aromatic heterocycles. The minimum absolute atomic E-state index is 0.0281. The molecule has 30 heavy (non-hydrogen) atoms. The van der Waals surface area contributed by atoms with Crippen molar-refractivity contribution in [3.05, 3.63) is 23.2 Å². The van der Waals surface area contributed by atoms with Crippen LogP contribution in [0.5, 0.6) is 0 Å². The van der Waals surface area contributed by atoms with Gasteiger partial charge in [0.25, 0.3) is 0 Å². The Balaban J connectivity index is 1.53. The highest BCUT2D eigenvalue weighted by Crippen LogP contribution is 2.65. The molecule has 2 N–H and O–H groups in total. The van der Waals surface area contributed by atoms with Gasteiger partial charge in [0.1, 0.15) is 0 Å². The Morgan fingerprint density at radius 1 is 1.00 bits per heavy atom. The van der Waals surface area contributed by atoms with E-state index in [2.05, 4.69) is 59.9 Å². The Morgan fingerprint density at radius 3 is 2.30 bits per heavy atom. The van der Waals surface area contributed by atoms with E-state index in [0.717, 1.165) is 37.1 Å². The fourth-order valence-corrected chi connectivity index (χ4v) is 8.71. The number of allylic oxidation sites excluding steroid dienone is 3. The van der Waals surface area contributed by atoms with Crippen LogP contribution >= 0.6 is 0 Å². The molecule has 4 aliphatic carbocycles. The Hall–Kier alpha value is -0.358. The first-order valence-electron chi connectivity index (χ1n) is 12.2. The first-order valence-corrected chi connectivity index (χ1v) is 15.1. The van der Waals surface area contributed by atoms with Crippen LogP contribution in [0.4, 0.5) is 0 Å². The zero-order chi connectivity index (χ0) is 22.1. The molecule has 3 nitrogen and oxygen atoms in total. The molecule has 2 saturated carbocycles. The van der Waals surface area contributed by atoms with Gasteiger partial charge in [0, 0.05) is 6.10 Å². The summed E-state index contributed by atoms with van der Waals surface area (Å²) in [4.78, 5) is 0. The van der Waals surface area contributed by atoms with Crippen molar-refractivity contribution >= 4 is 15.4 Å². The van der Waals surface area contributed by atoms with E-state index >= 15 is 0 Å². The van der Waals surface area contributed by atoms with Gasteiger partial charge < -0.3 is 14.5 Å². The van der Waals surface area contributed by atoms with Crippen LogP contribution in [-0.2, 0) is 4.43 Å². The minimum atomic E-state index is -1.74. The number of fused-ring (bicyclic) bond motifs is 5. The van der Waals surface area contributed by atoms with Gasteiger partial charge in [-0.2, -0.15) is 0 Å². The standard InChI is InChI=1S/C25H43BO3Si/c1-23(2,3)30(6,7)29-18-12-14-24(4)17(16-18)8-9-19-20-10-11-22(26(27)28)25(20,5)15-13-21(19)24/h8,11,18-21,27-28H,9-10,12-16H2,1-7H3/t18-,19-,20-,21-,24-,25-/m0/s1. The van der Waals surface area contributed by atoms with E-state index in [-0.39, 0.29) is 10.5 Å². The van der Waals surface area contributed by atoms with Crippen LogP contribution in [0.3, 0.4) is 0 Å². The predicted octanol–water partition coefficient (Wildman–Crippen LogP) is 5.89. The molecular weight excluding hydrogens is 387 g/mol. The molecule has 0 radical (unpaired) electrons. The predicted molar refractivity (Wildman–Crippen MR) is 127 cm³/mol. The Bertz CT molecular complexity index is 752. The summed E-state index contributed by atoms with van der Waals surface area (Å²) in [7, 11) is -3.02. The fourth-order valence-electron chi connectivity index (χ4n) is 7.32. The monoisotopic (exact) mass is 430 g/mol. The molecule has 0 aliphatic heterocycles. The van der Waals surface area contributed by atoms with Gasteiger partial charge in [0.15, 0.2) is 8.32 Å². The van der Waals surface area contributed by atoms with Crippen molar-refractivity contribution in [1.82, 2.24) is 0 Å². The fraction of sp³-hybridized carbons (Fsp3) is 0.840. The number of hydrogen-bond donors (Lipinski definition) is 2. The van der Waals surface area contributed by atoms with Gasteiger partial charge >= 0.3 is 7.12 Å². The van der Waals surface area contributed by atoms with E-state index in [1.165, 1.54) is 19.3 Å². The van der Waals surface area contributed by atoms with Crippen molar-refractivity contribution in [1.29, 1.82) is 0 Å². The van der Waals surface area contributed by atoms with Crippen molar-refractivity contribution in [3.8, 4) is 0 Å². The molecule has 0 saturated heterocycles. The molecule has 0 unspecified atom stereocenters. The van der Waals surface area contributed by atoms with Crippen LogP contribution in [0.2, 0.25) is 18.1 Å². The van der Waals surface area contributed by atoms with Crippen LogP contribution < -0.4 is 0 Å². The van der Waals surface area contributed by atoms with Crippen LogP contribution in [-0.4, -0.2) is 31.6 Å². The maximum absolute atomic E-state index is 9.93. The summed E-state index contributed by atoms with van der Waals surface area (Å²) in [5.74, 6) is 1.96. The average molecular weight is 431 g/mol. The van der Waals surface area contributed by atoms with Crippen molar-refractivity contribution in [3.63, 3.8) is 0 Å². The third kappa shape index (κ3) is 3.43. The summed E-state index contributed by atoms with van der Waals surface area (Å²) in [6, 6.07) is 0. The number of rotatable bonds is 3. The summed E-state index contributed by atoms with van der Waals surface area (Å²) in [6.45, 7) is 16.6. The van der Waals surface area contributed by atoms with Gasteiger partial charge in [-0.15, -0.1) is 0 Å². The highest BCUT2D eigenvalue weighted by Gasteiger charge is 2.58. The van der Waals surface area contributed by atoms with Gasteiger partial charge in [-0.1, -0.05) is 52.3 Å². The SMILES string of the molecule is CC(C)(C)[Si](C)(C)O[C@H]1CC[C@@]2(C)C(=CC[C@@H]3[C@@H]2CC[C@]2(C)C(B(O)O)=CC[C@@H]32)C1. The maximum atomic E-state index is 9.93. The van der Waals surface area contributed by atoms with Gasteiger partial charge in [0.2, 0.25) is 0 Å². The molecule has 168 valence electrons. The highest BCUT2D eigenvalue weighted by atomic mass is 28.4. The molecular formula is C25H43BO3Si. The largest absolute Gasteiger partial charge is 0.484 e. The van der Waals surface area contributed by atoms with Gasteiger partial charge in [0.05, 0.1) is 0 Å². The molecule has 4 rings (SSSR count). The van der Waals surface area contributed by atoms with Crippen molar-refractivity contribution in [2.75, 3.05) is 0 Å². The van der Waals surface area contributed by atoms with E-state index in [1.54, 1.807) is 5.57 Å². The van der Waals surface area contributed by atoms with Gasteiger partial charge in [-0.3, -0.25) is 0 Å². The Kier molecular flexibility index (Phi) is 5.58. The lowest BCUT2D eigenvalue weighted by Gasteiger charge is -2.58. The lowest BCUT2D eigenvalue weighted by molar-refractivity contribution is -0.0270. The molecule has 0 bridgehead atoms. The molecule has 0 spiro atoms. The van der Waals surface area contributed by atoms with E-state index in [9.17, 15) is 10.0 Å². The third-order valence-corrected chi connectivity index (χ3v) is 14.8. The van der Waals surface area contributed by atoms with Gasteiger partial charge in [-0.05, 0) is 97.1 Å². The van der Waals surface area contributed by atoms with E-state index in [4.69, 9.17) is 4.43 Å². The smallest absolute Gasteiger partial charge is 0.423 e. The molecule has 4 aliphatic rings. The quantitative estimate of drug-likeness (QED) is 0.434. The second-order valence-corrected chi connectivity index (χ2v) is 17.5. The first kappa shape index (κ1) is 22.8. The molecule has 0 aromatic carbocycles. The molecule has 0 heterocycles. The summed E-state index contributed by atoms with van der Waals surface area (Å²) in [5.41, 5.74) is 2.82. The first-order chi connectivity index (χ1) is 13.8. The second kappa shape index (κ2) is 7.33. The average Bonchev–Trinajstić information content (AvgIpc) is 2.98. The zero-order valence-electron chi connectivity index (χ0n) is 20.3. The lowest BCUT2D eigenvalue weighted by Crippen LogP contribution is -2.52. The van der Waals surface area contributed by atoms with Crippen molar-refractivity contribution in [2.24, 2.45) is 28.6 Å². The summed E-state index contributed by atoms with van der Waals surface area (Å²) < 4.78 is 6.83. The molecule has 0 amide bonds. The molecule has 2 fully saturated rings. The maximum Gasteiger partial charge on any atom is 0.484 e. The summed E-state index contributed by atoms with van der Waals surface area (Å²) in [5, 5.41) is 20.1. The van der Waals surface area contributed by atoms with Crippen LogP contribution in [0.25, 0.3) is 0 Å². The van der Waals surface area contributed by atoms with Crippen LogP contribution in [0.1, 0.15) is 79.6 Å². The Morgan fingerprint density at radius 2 is 1.67 bits per heavy atom. The van der Waals surface area contributed by atoms with E-state index in [0.29, 0.717) is 23.4 Å². The topological polar surface area (TPSA) is 49.7 Å². The molecule has 6 atom stereocenters. The van der Waals surface area contributed by atoms with E-state index in [1.807, 2.05) is 0 Å². The second-order valence-electron chi connectivity index (χ2n) is 12.7. The molecule has 5 heteroatoms. The molecule has 0 aromatic rings. The van der Waals surface area contributed by atoms with E-state index < -0.39 is 15.4 Å². The summed E-state index contributed by atoms with van der Waals surface area (Å²) in [6.07, 6.45) is 13.1. The summed E-state index contributed by atoms with van der Waals surface area (Å²) >= 11 is 0.